The van der Waals surface area contributed by atoms with E-state index in [0.29, 0.717) is 12.8 Å². The molecular weight excluding hydrogens is 276 g/mol. The van der Waals surface area contributed by atoms with Crippen molar-refractivity contribution in [2.24, 2.45) is 0 Å². The monoisotopic (exact) mass is 310 g/mol. The highest BCUT2D eigenvalue weighted by atomic mass is 16.5. The molecule has 0 aliphatic heterocycles. The lowest BCUT2D eigenvalue weighted by atomic mass is 10.1. The number of ether oxygens (including phenoxy) is 1. The van der Waals surface area contributed by atoms with Crippen molar-refractivity contribution in [3.05, 3.63) is 12.2 Å². The van der Waals surface area contributed by atoms with Crippen molar-refractivity contribution in [1.29, 1.82) is 0 Å². The number of ketones is 1. The lowest BCUT2D eigenvalue weighted by Gasteiger charge is -2.00. The van der Waals surface area contributed by atoms with Crippen molar-refractivity contribution in [1.82, 2.24) is 0 Å². The van der Waals surface area contributed by atoms with E-state index in [4.69, 9.17) is 0 Å². The van der Waals surface area contributed by atoms with Gasteiger partial charge in [-0.15, -0.1) is 0 Å². The van der Waals surface area contributed by atoms with E-state index in [9.17, 15) is 9.59 Å². The molecule has 22 heavy (non-hydrogen) atoms. The van der Waals surface area contributed by atoms with Crippen LogP contribution in [0.15, 0.2) is 12.2 Å². The zero-order valence-corrected chi connectivity index (χ0v) is 14.6. The molecule has 0 aromatic rings. The van der Waals surface area contributed by atoms with Gasteiger partial charge in [0.1, 0.15) is 0 Å². The van der Waals surface area contributed by atoms with Crippen LogP contribution in [0.2, 0.25) is 0 Å². The zero-order valence-electron chi connectivity index (χ0n) is 14.6. The number of unbranched alkanes of at least 4 members (excludes halogenated alkanes) is 9. The fraction of sp³-hybridized carbons (Fsp3) is 0.789. The first-order chi connectivity index (χ1) is 10.7. The lowest BCUT2D eigenvalue weighted by molar-refractivity contribution is -0.140. The van der Waals surface area contributed by atoms with E-state index in [-0.39, 0.29) is 11.8 Å². The highest BCUT2D eigenvalue weighted by molar-refractivity contribution is 5.89. The van der Waals surface area contributed by atoms with Crippen LogP contribution in [0.5, 0.6) is 0 Å². The summed E-state index contributed by atoms with van der Waals surface area (Å²) >= 11 is 0. The number of methoxy groups -OCH3 is 1. The zero-order chi connectivity index (χ0) is 16.5. The summed E-state index contributed by atoms with van der Waals surface area (Å²) in [4.78, 5) is 22.5. The number of hydrogen-bond donors (Lipinski definition) is 0. The number of allylic oxidation sites excluding steroid dienone is 2. The fourth-order valence-corrected chi connectivity index (χ4v) is 2.36. The van der Waals surface area contributed by atoms with Crippen LogP contribution in [-0.2, 0) is 14.3 Å². The maximum atomic E-state index is 11.6. The molecule has 3 nitrogen and oxygen atoms in total. The van der Waals surface area contributed by atoms with E-state index in [2.05, 4.69) is 11.7 Å². The molecule has 0 saturated heterocycles. The molecule has 3 heteroatoms. The van der Waals surface area contributed by atoms with Crippen LogP contribution < -0.4 is 0 Å². The molecule has 0 heterocycles. The molecule has 0 spiro atoms. The summed E-state index contributed by atoms with van der Waals surface area (Å²) in [6.07, 6.45) is 17.4. The summed E-state index contributed by atoms with van der Waals surface area (Å²) in [5.41, 5.74) is 0. The maximum absolute atomic E-state index is 11.6. The van der Waals surface area contributed by atoms with Gasteiger partial charge in [0.15, 0.2) is 5.78 Å². The smallest absolute Gasteiger partial charge is 0.305 e. The molecule has 0 radical (unpaired) electrons. The van der Waals surface area contributed by atoms with Crippen molar-refractivity contribution in [2.75, 3.05) is 7.11 Å². The number of rotatable bonds is 15. The number of esters is 1. The van der Waals surface area contributed by atoms with Crippen LogP contribution in [-0.4, -0.2) is 18.9 Å². The molecule has 0 unspecified atom stereocenters. The Morgan fingerprint density at radius 2 is 1.41 bits per heavy atom. The average molecular weight is 310 g/mol. The molecular formula is C19H34O3. The van der Waals surface area contributed by atoms with Gasteiger partial charge in [-0.1, -0.05) is 57.9 Å². The quantitative estimate of drug-likeness (QED) is 0.232. The minimum Gasteiger partial charge on any atom is -0.469 e. The largest absolute Gasteiger partial charge is 0.469 e. The molecule has 0 bridgehead atoms. The molecule has 0 N–H and O–H groups in total. The Labute approximate surface area is 136 Å². The third-order valence-electron chi connectivity index (χ3n) is 3.81. The Morgan fingerprint density at radius 3 is 2.09 bits per heavy atom. The second-order valence-electron chi connectivity index (χ2n) is 5.92. The summed E-state index contributed by atoms with van der Waals surface area (Å²) in [6, 6.07) is 0. The molecule has 0 fully saturated rings. The highest BCUT2D eigenvalue weighted by Gasteiger charge is 1.99. The fourth-order valence-electron chi connectivity index (χ4n) is 2.36. The first-order valence-corrected chi connectivity index (χ1v) is 8.97. The number of hydrogen-bond acceptors (Lipinski definition) is 3. The van der Waals surface area contributed by atoms with Crippen LogP contribution in [0, 0.1) is 0 Å². The van der Waals surface area contributed by atoms with Gasteiger partial charge in [-0.2, -0.15) is 0 Å². The average Bonchev–Trinajstić information content (AvgIpc) is 2.52. The topological polar surface area (TPSA) is 43.4 Å². The van der Waals surface area contributed by atoms with Gasteiger partial charge in [0.2, 0.25) is 0 Å². The molecule has 0 aliphatic rings. The SMILES string of the molecule is CCCCCCCCC(=O)/C=C/CCCCCCC(=O)OC. The van der Waals surface area contributed by atoms with Gasteiger partial charge in [-0.3, -0.25) is 9.59 Å². The van der Waals surface area contributed by atoms with Gasteiger partial charge >= 0.3 is 5.97 Å². The van der Waals surface area contributed by atoms with Gasteiger partial charge in [0.25, 0.3) is 0 Å². The summed E-state index contributed by atoms with van der Waals surface area (Å²) in [7, 11) is 1.43. The predicted octanol–water partition coefficient (Wildman–Crippen LogP) is 5.38. The van der Waals surface area contributed by atoms with Crippen LogP contribution in [0.25, 0.3) is 0 Å². The van der Waals surface area contributed by atoms with Gasteiger partial charge in [-0.05, 0) is 31.8 Å². The number of carbonyl (C=O) groups is 2. The van der Waals surface area contributed by atoms with E-state index < -0.39 is 0 Å². The first kappa shape index (κ1) is 20.9. The van der Waals surface area contributed by atoms with Gasteiger partial charge in [-0.25, -0.2) is 0 Å². The summed E-state index contributed by atoms with van der Waals surface area (Å²) in [5, 5.41) is 0. The molecule has 0 amide bonds. The molecule has 0 aromatic heterocycles. The van der Waals surface area contributed by atoms with Crippen molar-refractivity contribution < 1.29 is 14.3 Å². The second-order valence-corrected chi connectivity index (χ2v) is 5.92. The summed E-state index contributed by atoms with van der Waals surface area (Å²) in [5.74, 6) is 0.140. The van der Waals surface area contributed by atoms with Crippen molar-refractivity contribution in [3.63, 3.8) is 0 Å². The number of carbonyl (C=O) groups excluding carboxylic acids is 2. The van der Waals surface area contributed by atoms with E-state index in [0.717, 1.165) is 38.5 Å². The Morgan fingerprint density at radius 1 is 0.818 bits per heavy atom. The van der Waals surface area contributed by atoms with Crippen LogP contribution in [0.4, 0.5) is 0 Å². The Bertz CT molecular complexity index is 308. The Hall–Kier alpha value is -1.12. The lowest BCUT2D eigenvalue weighted by Crippen LogP contribution is -1.99. The molecule has 0 aliphatic carbocycles. The third-order valence-corrected chi connectivity index (χ3v) is 3.81. The predicted molar refractivity (Wildman–Crippen MR) is 91.9 cm³/mol. The Balaban J connectivity index is 3.33. The normalized spacial score (nSPS) is 11.0. The third kappa shape index (κ3) is 15.3. The van der Waals surface area contributed by atoms with Gasteiger partial charge in [0.05, 0.1) is 7.11 Å². The minimum atomic E-state index is -0.125. The maximum Gasteiger partial charge on any atom is 0.305 e. The highest BCUT2D eigenvalue weighted by Crippen LogP contribution is 2.09. The Kier molecular flexibility index (Phi) is 15.4. The van der Waals surface area contributed by atoms with Crippen LogP contribution in [0.1, 0.15) is 90.4 Å². The van der Waals surface area contributed by atoms with Gasteiger partial charge in [0, 0.05) is 12.8 Å². The molecule has 0 aromatic carbocycles. The standard InChI is InChI=1S/C19H34O3/c1-3-4-5-6-9-12-15-18(20)16-13-10-7-8-11-14-17-19(21)22-2/h13,16H,3-12,14-15,17H2,1-2H3/b16-13+. The first-order valence-electron chi connectivity index (χ1n) is 8.97. The summed E-state index contributed by atoms with van der Waals surface area (Å²) in [6.45, 7) is 2.22. The van der Waals surface area contributed by atoms with E-state index in [1.807, 2.05) is 6.08 Å². The minimum absolute atomic E-state index is 0.125. The summed E-state index contributed by atoms with van der Waals surface area (Å²) < 4.78 is 4.59. The second kappa shape index (κ2) is 16.3. The van der Waals surface area contributed by atoms with E-state index in [1.54, 1.807) is 6.08 Å². The molecule has 128 valence electrons. The van der Waals surface area contributed by atoms with E-state index in [1.165, 1.54) is 39.2 Å². The molecule has 0 rings (SSSR count). The van der Waals surface area contributed by atoms with Crippen LogP contribution >= 0.6 is 0 Å². The van der Waals surface area contributed by atoms with E-state index >= 15 is 0 Å². The van der Waals surface area contributed by atoms with Crippen LogP contribution in [0.3, 0.4) is 0 Å². The van der Waals surface area contributed by atoms with Crippen molar-refractivity contribution in [2.45, 2.75) is 90.4 Å². The molecule has 0 atom stereocenters. The molecule has 0 saturated carbocycles. The van der Waals surface area contributed by atoms with Crippen molar-refractivity contribution in [3.8, 4) is 0 Å². The van der Waals surface area contributed by atoms with Gasteiger partial charge < -0.3 is 4.74 Å². The van der Waals surface area contributed by atoms with Crippen molar-refractivity contribution >= 4 is 11.8 Å².